The minimum atomic E-state index is -0.235. The van der Waals surface area contributed by atoms with E-state index in [0.29, 0.717) is 12.4 Å². The van der Waals surface area contributed by atoms with Crippen LogP contribution in [0, 0.1) is 0 Å². The highest BCUT2D eigenvalue weighted by Gasteiger charge is 2.39. The number of fused-ring (bicyclic) bond motifs is 1. The highest BCUT2D eigenvalue weighted by molar-refractivity contribution is 7.10. The van der Waals surface area contributed by atoms with E-state index in [1.54, 1.807) is 17.7 Å². The number of carbonyl (C=O) groups excluding carboxylic acids is 1. The molecule has 0 spiro atoms. The molecule has 3 aromatic rings. The molecule has 1 aromatic carbocycles. The standard InChI is InChI=1S/C23H25N5OS/c1-3-27(4-2)17-9-7-15(8-10-17)22-21-18(26-23-24-14-25-28(22)23)12-16(13-19(21)29)20-6-5-11-30-20/h5-11,14,16,22H,3-4,12-13H2,1-2H3,(H,24,25,26)/t16-,22+/m0/s1. The van der Waals surface area contributed by atoms with E-state index in [1.807, 2.05) is 4.68 Å². The lowest BCUT2D eigenvalue weighted by Crippen LogP contribution is -2.33. The second-order valence-corrected chi connectivity index (χ2v) is 8.73. The van der Waals surface area contributed by atoms with Crippen LogP contribution in [-0.2, 0) is 4.79 Å². The molecular formula is C23H25N5OS. The molecule has 2 aliphatic rings. The third kappa shape index (κ3) is 3.13. The molecular weight excluding hydrogens is 394 g/mol. The van der Waals surface area contributed by atoms with E-state index < -0.39 is 0 Å². The van der Waals surface area contributed by atoms with Crippen molar-refractivity contribution in [3.05, 3.63) is 69.8 Å². The number of nitrogens with zero attached hydrogens (tertiary/aromatic N) is 4. The summed E-state index contributed by atoms with van der Waals surface area (Å²) in [6.45, 7) is 6.25. The van der Waals surface area contributed by atoms with Gasteiger partial charge in [-0.25, -0.2) is 4.68 Å². The molecule has 3 heterocycles. The average molecular weight is 420 g/mol. The summed E-state index contributed by atoms with van der Waals surface area (Å²) in [6.07, 6.45) is 2.92. The molecule has 0 bridgehead atoms. The van der Waals surface area contributed by atoms with Gasteiger partial charge >= 0.3 is 0 Å². The lowest BCUT2D eigenvalue weighted by Gasteiger charge is -2.35. The van der Waals surface area contributed by atoms with E-state index in [4.69, 9.17) is 0 Å². The second-order valence-electron chi connectivity index (χ2n) is 7.76. The highest BCUT2D eigenvalue weighted by atomic mass is 32.1. The minimum absolute atomic E-state index is 0.195. The molecule has 0 unspecified atom stereocenters. The van der Waals surface area contributed by atoms with Gasteiger partial charge in [-0.1, -0.05) is 18.2 Å². The molecule has 1 aliphatic heterocycles. The number of anilines is 2. The Morgan fingerprint density at radius 2 is 1.97 bits per heavy atom. The zero-order chi connectivity index (χ0) is 20.7. The fourth-order valence-corrected chi connectivity index (χ4v) is 5.47. The number of allylic oxidation sites excluding steroid dienone is 2. The highest BCUT2D eigenvalue weighted by Crippen LogP contribution is 2.44. The number of hydrogen-bond donors (Lipinski definition) is 1. The van der Waals surface area contributed by atoms with Gasteiger partial charge in [0, 0.05) is 47.3 Å². The van der Waals surface area contributed by atoms with Crippen LogP contribution in [0.3, 0.4) is 0 Å². The van der Waals surface area contributed by atoms with Crippen LogP contribution in [0.1, 0.15) is 49.1 Å². The molecule has 0 saturated heterocycles. The maximum absolute atomic E-state index is 13.4. The van der Waals surface area contributed by atoms with Crippen LogP contribution in [0.2, 0.25) is 0 Å². The molecule has 0 fully saturated rings. The van der Waals surface area contributed by atoms with Crippen LogP contribution in [0.5, 0.6) is 0 Å². The van der Waals surface area contributed by atoms with Gasteiger partial charge in [-0.15, -0.1) is 11.3 Å². The summed E-state index contributed by atoms with van der Waals surface area (Å²) in [5.74, 6) is 1.12. The molecule has 154 valence electrons. The lowest BCUT2D eigenvalue weighted by molar-refractivity contribution is -0.116. The first kappa shape index (κ1) is 19.1. The van der Waals surface area contributed by atoms with Crippen molar-refractivity contribution in [2.45, 2.75) is 38.6 Å². The minimum Gasteiger partial charge on any atom is -0.372 e. The Hall–Kier alpha value is -2.93. The molecule has 6 nitrogen and oxygen atoms in total. The van der Waals surface area contributed by atoms with Crippen molar-refractivity contribution in [1.82, 2.24) is 14.8 Å². The Kier molecular flexibility index (Phi) is 4.90. The summed E-state index contributed by atoms with van der Waals surface area (Å²) in [7, 11) is 0. The zero-order valence-electron chi connectivity index (χ0n) is 17.2. The van der Waals surface area contributed by atoms with Crippen LogP contribution in [0.15, 0.2) is 59.4 Å². The van der Waals surface area contributed by atoms with Gasteiger partial charge in [0.2, 0.25) is 5.95 Å². The second kappa shape index (κ2) is 7.72. The summed E-state index contributed by atoms with van der Waals surface area (Å²) in [5, 5.41) is 9.92. The average Bonchev–Trinajstić information content (AvgIpc) is 3.46. The zero-order valence-corrected chi connectivity index (χ0v) is 18.0. The topological polar surface area (TPSA) is 63.1 Å². The molecule has 2 aromatic heterocycles. The van der Waals surface area contributed by atoms with Gasteiger partial charge in [-0.3, -0.25) is 4.79 Å². The Labute approximate surface area is 180 Å². The smallest absolute Gasteiger partial charge is 0.226 e. The van der Waals surface area contributed by atoms with Crippen molar-refractivity contribution in [2.24, 2.45) is 0 Å². The molecule has 30 heavy (non-hydrogen) atoms. The maximum atomic E-state index is 13.4. The monoisotopic (exact) mass is 419 g/mol. The summed E-state index contributed by atoms with van der Waals surface area (Å²) >= 11 is 1.72. The number of rotatable bonds is 5. The van der Waals surface area contributed by atoms with Crippen molar-refractivity contribution in [3.8, 4) is 0 Å². The van der Waals surface area contributed by atoms with Gasteiger partial charge in [-0.05, 0) is 49.4 Å². The predicted molar refractivity (Wildman–Crippen MR) is 120 cm³/mol. The summed E-state index contributed by atoms with van der Waals surface area (Å²) in [6, 6.07) is 12.5. The van der Waals surface area contributed by atoms with Crippen LogP contribution in [-0.4, -0.2) is 33.6 Å². The van der Waals surface area contributed by atoms with Crippen molar-refractivity contribution < 1.29 is 4.79 Å². The molecule has 2 atom stereocenters. The number of ketones is 1. The lowest BCUT2D eigenvalue weighted by atomic mass is 9.80. The molecule has 1 N–H and O–H groups in total. The Bertz CT molecular complexity index is 1080. The fourth-order valence-electron chi connectivity index (χ4n) is 4.64. The fraction of sp³-hybridized carbons (Fsp3) is 0.348. The van der Waals surface area contributed by atoms with Crippen LogP contribution >= 0.6 is 11.3 Å². The number of hydrogen-bond acceptors (Lipinski definition) is 6. The van der Waals surface area contributed by atoms with Crippen molar-refractivity contribution in [1.29, 1.82) is 0 Å². The molecule has 1 aliphatic carbocycles. The molecule has 0 radical (unpaired) electrons. The van der Waals surface area contributed by atoms with Crippen LogP contribution in [0.25, 0.3) is 0 Å². The van der Waals surface area contributed by atoms with Gasteiger partial charge in [-0.2, -0.15) is 10.1 Å². The Balaban J connectivity index is 1.55. The van der Waals surface area contributed by atoms with E-state index in [0.717, 1.165) is 36.3 Å². The molecule has 7 heteroatoms. The van der Waals surface area contributed by atoms with Gasteiger partial charge in [0.15, 0.2) is 5.78 Å². The quantitative estimate of drug-likeness (QED) is 0.655. The number of carbonyl (C=O) groups is 1. The SMILES string of the molecule is CCN(CC)c1ccc([C@@H]2C3=C(C[C@H](c4cccs4)CC3=O)Nc3ncnn32)cc1. The van der Waals surface area contributed by atoms with Crippen LogP contribution in [0.4, 0.5) is 11.6 Å². The largest absolute Gasteiger partial charge is 0.372 e. The Morgan fingerprint density at radius 1 is 1.17 bits per heavy atom. The van der Waals surface area contributed by atoms with Gasteiger partial charge in [0.25, 0.3) is 0 Å². The van der Waals surface area contributed by atoms with E-state index in [2.05, 4.69) is 75.9 Å². The van der Waals surface area contributed by atoms with E-state index in [9.17, 15) is 4.79 Å². The molecule has 5 rings (SSSR count). The van der Waals surface area contributed by atoms with Crippen LogP contribution < -0.4 is 10.2 Å². The van der Waals surface area contributed by atoms with E-state index in [1.165, 1.54) is 10.6 Å². The third-order valence-corrected chi connectivity index (χ3v) is 7.18. The summed E-state index contributed by atoms with van der Waals surface area (Å²) in [5.41, 5.74) is 4.08. The van der Waals surface area contributed by atoms with E-state index >= 15 is 0 Å². The normalized spacial score (nSPS) is 20.5. The van der Waals surface area contributed by atoms with Gasteiger partial charge < -0.3 is 10.2 Å². The maximum Gasteiger partial charge on any atom is 0.226 e. The van der Waals surface area contributed by atoms with Crippen molar-refractivity contribution in [2.75, 3.05) is 23.3 Å². The third-order valence-electron chi connectivity index (χ3n) is 6.14. The first-order chi connectivity index (χ1) is 14.7. The number of thiophene rings is 1. The molecule has 0 saturated carbocycles. The Morgan fingerprint density at radius 3 is 2.67 bits per heavy atom. The summed E-state index contributed by atoms with van der Waals surface area (Å²) < 4.78 is 1.84. The van der Waals surface area contributed by atoms with E-state index in [-0.39, 0.29) is 17.7 Å². The molecule has 0 amide bonds. The van der Waals surface area contributed by atoms with Gasteiger partial charge in [0.05, 0.1) is 0 Å². The summed E-state index contributed by atoms with van der Waals surface area (Å²) in [4.78, 5) is 21.3. The number of aromatic nitrogens is 3. The van der Waals surface area contributed by atoms with Crippen molar-refractivity contribution in [3.63, 3.8) is 0 Å². The number of nitrogens with one attached hydrogen (secondary N) is 1. The number of Topliss-reactive ketones (excluding diaryl/α,β-unsaturated/α-hetero) is 1. The number of benzene rings is 1. The first-order valence-electron chi connectivity index (χ1n) is 10.5. The van der Waals surface area contributed by atoms with Crippen molar-refractivity contribution >= 4 is 28.8 Å². The first-order valence-corrected chi connectivity index (χ1v) is 11.4. The van der Waals surface area contributed by atoms with Gasteiger partial charge in [0.1, 0.15) is 12.4 Å². The predicted octanol–water partition coefficient (Wildman–Crippen LogP) is 4.60.